The first-order valence-electron chi connectivity index (χ1n) is 12.1. The van der Waals surface area contributed by atoms with E-state index in [4.69, 9.17) is 9.47 Å². The maximum Gasteiger partial charge on any atom is 0.173 e. The molecule has 5 aromatic rings. The van der Waals surface area contributed by atoms with Gasteiger partial charge < -0.3 is 29.0 Å². The molecule has 2 bridgehead atoms. The van der Waals surface area contributed by atoms with E-state index < -0.39 is 11.8 Å². The molecule has 2 aromatic heterocycles. The second-order valence-corrected chi connectivity index (χ2v) is 10.2. The minimum Gasteiger partial charge on any atom is -0.388 e. The average molecular weight is 468 g/mol. The predicted molar refractivity (Wildman–Crippen MR) is 134 cm³/mol. The lowest BCUT2D eigenvalue weighted by Gasteiger charge is -2.34. The lowest BCUT2D eigenvalue weighted by Crippen LogP contribution is -2.49. The first kappa shape index (κ1) is 20.0. The Kier molecular flexibility index (Phi) is 3.60. The summed E-state index contributed by atoms with van der Waals surface area (Å²) in [6.45, 7) is 2.09. The van der Waals surface area contributed by atoms with E-state index in [1.54, 1.807) is 7.11 Å². The second kappa shape index (κ2) is 6.30. The summed E-state index contributed by atoms with van der Waals surface area (Å²) in [7, 11) is 3.68. The first-order chi connectivity index (χ1) is 17.0. The fourth-order valence-electron chi connectivity index (χ4n) is 7.39. The molecule has 2 N–H and O–H groups in total. The van der Waals surface area contributed by atoms with Crippen molar-refractivity contribution in [2.24, 2.45) is 0 Å². The third-order valence-electron chi connectivity index (χ3n) is 8.60. The van der Waals surface area contributed by atoms with Crippen molar-refractivity contribution in [2.75, 3.05) is 14.2 Å². The predicted octanol–water partition coefficient (Wildman–Crippen LogP) is 4.34. The quantitative estimate of drug-likeness (QED) is 0.404. The minimum absolute atomic E-state index is 0.00407. The van der Waals surface area contributed by atoms with E-state index in [0.29, 0.717) is 5.56 Å². The Balaban J connectivity index is 1.76. The zero-order chi connectivity index (χ0) is 23.8. The van der Waals surface area contributed by atoms with Crippen LogP contribution in [0.2, 0.25) is 0 Å². The molecule has 7 heteroatoms. The molecule has 0 spiro atoms. The van der Waals surface area contributed by atoms with Crippen LogP contribution in [0.25, 0.3) is 43.6 Å². The van der Waals surface area contributed by atoms with Gasteiger partial charge in [-0.2, -0.15) is 0 Å². The Bertz CT molecular complexity index is 1760. The van der Waals surface area contributed by atoms with Crippen molar-refractivity contribution in [2.45, 2.75) is 43.5 Å². The van der Waals surface area contributed by atoms with E-state index in [1.807, 2.05) is 31.3 Å². The Labute approximate surface area is 200 Å². The fraction of sp³-hybridized carbons (Fsp3) is 0.321. The van der Waals surface area contributed by atoms with Crippen LogP contribution in [-0.2, 0) is 15.2 Å². The van der Waals surface area contributed by atoms with Crippen LogP contribution in [0.3, 0.4) is 0 Å². The summed E-state index contributed by atoms with van der Waals surface area (Å²) in [5, 5.41) is 18.6. The van der Waals surface area contributed by atoms with Gasteiger partial charge in [-0.3, -0.25) is 4.79 Å². The number of nitrogens with zero attached hydrogens (tertiary/aromatic N) is 2. The van der Waals surface area contributed by atoms with Gasteiger partial charge in [0.05, 0.1) is 34.2 Å². The standard InChI is InChI=1S/C28H25N3O4/c1-28-26(34-3)23(29-2)27(35-28)30-15-10-6-4-8-13(15)19-21-17(32)12-18(33)22(21)20-14-9-5-7-11-16(14)31(28)25(20)24(19)30/h4-11,18,23,26-27,29,33H,12H2,1-3H3/t18-,23+,26-,27+,28+/m1/s1. The number of fused-ring (bicyclic) bond motifs is 13. The highest BCUT2D eigenvalue weighted by Gasteiger charge is 2.58. The molecule has 0 radical (unpaired) electrons. The molecule has 0 saturated carbocycles. The number of nitrogens with one attached hydrogen (secondary N) is 1. The summed E-state index contributed by atoms with van der Waals surface area (Å²) in [5.41, 5.74) is 4.58. The number of carbonyl (C=O) groups excluding carboxylic acids is 1. The maximum absolute atomic E-state index is 13.4. The van der Waals surface area contributed by atoms with Gasteiger partial charge in [-0.05, 0) is 26.1 Å². The van der Waals surface area contributed by atoms with E-state index >= 15 is 0 Å². The van der Waals surface area contributed by atoms with Crippen LogP contribution in [0.4, 0.5) is 0 Å². The van der Waals surface area contributed by atoms with Crippen molar-refractivity contribution in [1.29, 1.82) is 0 Å². The van der Waals surface area contributed by atoms with E-state index in [9.17, 15) is 9.90 Å². The summed E-state index contributed by atoms with van der Waals surface area (Å²) in [6.07, 6.45) is -1.35. The van der Waals surface area contributed by atoms with Gasteiger partial charge in [0.2, 0.25) is 0 Å². The number of aromatic nitrogens is 2. The number of hydrogen-bond acceptors (Lipinski definition) is 5. The molecule has 1 saturated heterocycles. The molecule has 0 unspecified atom stereocenters. The molecule has 3 aromatic carbocycles. The van der Waals surface area contributed by atoms with Gasteiger partial charge >= 0.3 is 0 Å². The van der Waals surface area contributed by atoms with Crippen LogP contribution < -0.4 is 5.32 Å². The topological polar surface area (TPSA) is 77.7 Å². The number of ether oxygens (including phenoxy) is 2. The average Bonchev–Trinajstić information content (AvgIpc) is 3.52. The zero-order valence-corrected chi connectivity index (χ0v) is 19.7. The number of likely N-dealkylation sites (N-methyl/N-ethyl adjacent to an activating group) is 1. The normalized spacial score (nSPS) is 29.3. The number of rotatable bonds is 2. The number of aliphatic hydroxyl groups is 1. The number of hydrogen-bond donors (Lipinski definition) is 2. The highest BCUT2D eigenvalue weighted by molar-refractivity contribution is 6.31. The van der Waals surface area contributed by atoms with Crippen LogP contribution in [0.15, 0.2) is 48.5 Å². The largest absolute Gasteiger partial charge is 0.388 e. The van der Waals surface area contributed by atoms with E-state index in [0.717, 1.165) is 49.2 Å². The van der Waals surface area contributed by atoms with Gasteiger partial charge in [0.25, 0.3) is 0 Å². The highest BCUT2D eigenvalue weighted by Crippen LogP contribution is 2.56. The molecular formula is C28H25N3O4. The lowest BCUT2D eigenvalue weighted by molar-refractivity contribution is -0.142. The Hall–Kier alpha value is -3.23. The van der Waals surface area contributed by atoms with Crippen LogP contribution in [0.1, 0.15) is 41.6 Å². The molecule has 3 aliphatic rings. The number of carbonyl (C=O) groups is 1. The Morgan fingerprint density at radius 2 is 1.74 bits per heavy atom. The molecule has 0 amide bonds. The summed E-state index contributed by atoms with van der Waals surface area (Å²) < 4.78 is 17.6. The zero-order valence-electron chi connectivity index (χ0n) is 19.7. The third kappa shape index (κ3) is 2.04. The van der Waals surface area contributed by atoms with Gasteiger partial charge in [-0.15, -0.1) is 0 Å². The first-order valence-corrected chi connectivity index (χ1v) is 12.1. The van der Waals surface area contributed by atoms with E-state index in [2.05, 4.69) is 45.6 Å². The van der Waals surface area contributed by atoms with Gasteiger partial charge in [0.15, 0.2) is 17.7 Å². The smallest absolute Gasteiger partial charge is 0.173 e. The fourth-order valence-corrected chi connectivity index (χ4v) is 7.39. The van der Waals surface area contributed by atoms with Gasteiger partial charge in [-0.1, -0.05) is 36.4 Å². The van der Waals surface area contributed by atoms with Crippen molar-refractivity contribution in [3.05, 3.63) is 59.7 Å². The molecule has 35 heavy (non-hydrogen) atoms. The SMILES string of the molecule is CN[C@H]1[C@@H](OC)[C@]2(C)O[C@@H]1n1c3ccccc3c3c4c(c5c6ccccc6n2c5c31)[C@H](O)CC4=O. The van der Waals surface area contributed by atoms with E-state index in [-0.39, 0.29) is 30.6 Å². The monoisotopic (exact) mass is 467 g/mol. The van der Waals surface area contributed by atoms with Crippen molar-refractivity contribution in [3.8, 4) is 0 Å². The Morgan fingerprint density at radius 1 is 1.06 bits per heavy atom. The third-order valence-corrected chi connectivity index (χ3v) is 8.60. The number of ketones is 1. The van der Waals surface area contributed by atoms with Crippen molar-refractivity contribution in [3.63, 3.8) is 0 Å². The van der Waals surface area contributed by atoms with Crippen LogP contribution in [0, 0.1) is 0 Å². The van der Waals surface area contributed by atoms with Crippen molar-refractivity contribution < 1.29 is 19.4 Å². The van der Waals surface area contributed by atoms with Crippen LogP contribution >= 0.6 is 0 Å². The molecule has 4 heterocycles. The van der Waals surface area contributed by atoms with Gasteiger partial charge in [0.1, 0.15) is 6.10 Å². The summed E-state index contributed by atoms with van der Waals surface area (Å²) in [5.74, 6) is -0.00407. The molecule has 8 rings (SSSR count). The van der Waals surface area contributed by atoms with Crippen molar-refractivity contribution >= 4 is 49.4 Å². The number of benzene rings is 3. The molecule has 2 aliphatic heterocycles. The minimum atomic E-state index is -0.833. The Morgan fingerprint density at radius 3 is 2.46 bits per heavy atom. The molecule has 7 nitrogen and oxygen atoms in total. The van der Waals surface area contributed by atoms with Gasteiger partial charge in [-0.25, -0.2) is 0 Å². The maximum atomic E-state index is 13.4. The van der Waals surface area contributed by atoms with Crippen molar-refractivity contribution in [1.82, 2.24) is 14.5 Å². The summed E-state index contributed by atoms with van der Waals surface area (Å²) in [4.78, 5) is 13.4. The summed E-state index contributed by atoms with van der Waals surface area (Å²) in [6, 6.07) is 16.3. The van der Waals surface area contributed by atoms with E-state index in [1.165, 1.54) is 0 Å². The molecule has 176 valence electrons. The number of methoxy groups -OCH3 is 1. The molecule has 1 fully saturated rings. The molecule has 1 aliphatic carbocycles. The molecule has 5 atom stereocenters. The number of para-hydroxylation sites is 2. The highest BCUT2D eigenvalue weighted by atomic mass is 16.6. The van der Waals surface area contributed by atoms with Gasteiger partial charge in [0, 0.05) is 46.2 Å². The number of aliphatic hydroxyl groups excluding tert-OH is 1. The van der Waals surface area contributed by atoms with Crippen LogP contribution in [-0.4, -0.2) is 46.3 Å². The summed E-state index contributed by atoms with van der Waals surface area (Å²) >= 11 is 0. The van der Waals surface area contributed by atoms with Crippen LogP contribution in [0.5, 0.6) is 0 Å². The molecular weight excluding hydrogens is 442 g/mol. The number of Topliss-reactive ketones (excluding diaryl/α,β-unsaturated/α-hetero) is 1. The second-order valence-electron chi connectivity index (χ2n) is 10.2. The lowest BCUT2D eigenvalue weighted by atomic mass is 9.95.